The fourth-order valence-electron chi connectivity index (χ4n) is 0.916. The Morgan fingerprint density at radius 1 is 1.88 bits per heavy atom. The van der Waals surface area contributed by atoms with Crippen LogP contribution in [-0.4, -0.2) is 11.2 Å². The van der Waals surface area contributed by atoms with Crippen LogP contribution in [0, 0.1) is 5.92 Å². The lowest BCUT2D eigenvalue weighted by Gasteiger charge is -1.99. The molecular formula is C6H9IO. The third-order valence-corrected chi connectivity index (χ3v) is 2.44. The predicted octanol–water partition coefficient (Wildman–Crippen LogP) is 1.71. The molecule has 1 aliphatic carbocycles. The zero-order valence-electron chi connectivity index (χ0n) is 4.76. The SMILES string of the molecule is CC1C=C(I)C(O)C1. The lowest BCUT2D eigenvalue weighted by atomic mass is 10.1. The number of hydrogen-bond donors (Lipinski definition) is 1. The van der Waals surface area contributed by atoms with Gasteiger partial charge in [0, 0.05) is 3.58 Å². The summed E-state index contributed by atoms with van der Waals surface area (Å²) in [6, 6.07) is 0. The van der Waals surface area contributed by atoms with E-state index in [1.54, 1.807) is 0 Å². The molecule has 0 saturated heterocycles. The Balaban J connectivity index is 2.59. The third-order valence-electron chi connectivity index (χ3n) is 1.36. The van der Waals surface area contributed by atoms with E-state index in [0.29, 0.717) is 5.92 Å². The second-order valence-corrected chi connectivity index (χ2v) is 3.53. The maximum atomic E-state index is 9.09. The number of hydrogen-bond acceptors (Lipinski definition) is 1. The highest BCUT2D eigenvalue weighted by Gasteiger charge is 2.18. The smallest absolute Gasteiger partial charge is 0.0849 e. The normalized spacial score (nSPS) is 37.6. The molecule has 0 aliphatic heterocycles. The minimum atomic E-state index is -0.161. The molecule has 0 aromatic carbocycles. The first kappa shape index (κ1) is 6.55. The second kappa shape index (κ2) is 2.35. The molecule has 0 spiro atoms. The van der Waals surface area contributed by atoms with Crippen molar-refractivity contribution in [3.05, 3.63) is 9.66 Å². The van der Waals surface area contributed by atoms with Crippen LogP contribution in [0.3, 0.4) is 0 Å². The topological polar surface area (TPSA) is 20.2 Å². The molecule has 8 heavy (non-hydrogen) atoms. The van der Waals surface area contributed by atoms with E-state index in [9.17, 15) is 0 Å². The van der Waals surface area contributed by atoms with Crippen molar-refractivity contribution < 1.29 is 5.11 Å². The van der Waals surface area contributed by atoms with Gasteiger partial charge in [-0.05, 0) is 34.9 Å². The van der Waals surface area contributed by atoms with Crippen LogP contribution in [0.1, 0.15) is 13.3 Å². The molecule has 1 rings (SSSR count). The minimum Gasteiger partial charge on any atom is -0.388 e. The van der Waals surface area contributed by atoms with Gasteiger partial charge >= 0.3 is 0 Å². The number of rotatable bonds is 0. The van der Waals surface area contributed by atoms with Gasteiger partial charge in [-0.1, -0.05) is 13.0 Å². The molecule has 2 heteroatoms. The molecule has 0 radical (unpaired) electrons. The summed E-state index contributed by atoms with van der Waals surface area (Å²) < 4.78 is 1.11. The van der Waals surface area contributed by atoms with Crippen molar-refractivity contribution in [2.75, 3.05) is 0 Å². The monoisotopic (exact) mass is 224 g/mol. The number of aliphatic hydroxyl groups is 1. The average molecular weight is 224 g/mol. The van der Waals surface area contributed by atoms with Crippen LogP contribution < -0.4 is 0 Å². The molecule has 1 nitrogen and oxygen atoms in total. The quantitative estimate of drug-likeness (QED) is 0.621. The van der Waals surface area contributed by atoms with E-state index in [1.165, 1.54) is 0 Å². The molecule has 0 fully saturated rings. The van der Waals surface area contributed by atoms with E-state index in [4.69, 9.17) is 5.11 Å². The van der Waals surface area contributed by atoms with E-state index in [0.717, 1.165) is 10.0 Å². The summed E-state index contributed by atoms with van der Waals surface area (Å²) in [6.07, 6.45) is 2.87. The zero-order chi connectivity index (χ0) is 6.15. The maximum Gasteiger partial charge on any atom is 0.0849 e. The van der Waals surface area contributed by atoms with E-state index in [1.807, 2.05) is 0 Å². The van der Waals surface area contributed by atoms with Gasteiger partial charge in [-0.2, -0.15) is 0 Å². The summed E-state index contributed by atoms with van der Waals surface area (Å²) in [5, 5.41) is 9.09. The average Bonchev–Trinajstić information content (AvgIpc) is 1.85. The van der Waals surface area contributed by atoms with Crippen LogP contribution in [-0.2, 0) is 0 Å². The van der Waals surface area contributed by atoms with Crippen LogP contribution in [0.25, 0.3) is 0 Å². The molecule has 1 N–H and O–H groups in total. The Kier molecular flexibility index (Phi) is 1.92. The highest BCUT2D eigenvalue weighted by Crippen LogP contribution is 2.28. The fourth-order valence-corrected chi connectivity index (χ4v) is 1.78. The van der Waals surface area contributed by atoms with Crippen molar-refractivity contribution >= 4 is 22.6 Å². The molecule has 2 unspecified atom stereocenters. The molecule has 0 saturated carbocycles. The third kappa shape index (κ3) is 1.23. The van der Waals surface area contributed by atoms with E-state index >= 15 is 0 Å². The molecule has 0 aromatic rings. The van der Waals surface area contributed by atoms with Gasteiger partial charge in [-0.15, -0.1) is 0 Å². The van der Waals surface area contributed by atoms with Crippen LogP contribution >= 0.6 is 22.6 Å². The summed E-state index contributed by atoms with van der Waals surface area (Å²) in [6.45, 7) is 2.12. The molecule has 0 bridgehead atoms. The predicted molar refractivity (Wildman–Crippen MR) is 41.9 cm³/mol. The molecular weight excluding hydrogens is 215 g/mol. The lowest BCUT2D eigenvalue weighted by molar-refractivity contribution is 0.211. The van der Waals surface area contributed by atoms with Gasteiger partial charge in [0.05, 0.1) is 6.10 Å². The first-order chi connectivity index (χ1) is 3.70. The zero-order valence-corrected chi connectivity index (χ0v) is 6.92. The van der Waals surface area contributed by atoms with Crippen molar-refractivity contribution in [2.24, 2.45) is 5.92 Å². The molecule has 0 heterocycles. The van der Waals surface area contributed by atoms with Crippen molar-refractivity contribution in [3.8, 4) is 0 Å². The van der Waals surface area contributed by atoms with Crippen LogP contribution in [0.5, 0.6) is 0 Å². The summed E-state index contributed by atoms with van der Waals surface area (Å²) in [5.41, 5.74) is 0. The van der Waals surface area contributed by atoms with Gasteiger partial charge in [0.25, 0.3) is 0 Å². The van der Waals surface area contributed by atoms with E-state index in [-0.39, 0.29) is 6.10 Å². The van der Waals surface area contributed by atoms with Crippen molar-refractivity contribution in [2.45, 2.75) is 19.4 Å². The van der Waals surface area contributed by atoms with Gasteiger partial charge in [-0.3, -0.25) is 0 Å². The Bertz CT molecular complexity index is 120. The molecule has 1 aliphatic rings. The van der Waals surface area contributed by atoms with Crippen molar-refractivity contribution in [1.82, 2.24) is 0 Å². The highest BCUT2D eigenvalue weighted by molar-refractivity contribution is 14.1. The molecule has 46 valence electrons. The van der Waals surface area contributed by atoms with Crippen molar-refractivity contribution in [3.63, 3.8) is 0 Å². The maximum absolute atomic E-state index is 9.09. The lowest BCUT2D eigenvalue weighted by Crippen LogP contribution is -2.01. The number of halogens is 1. The number of aliphatic hydroxyl groups excluding tert-OH is 1. The Morgan fingerprint density at radius 2 is 2.50 bits per heavy atom. The van der Waals surface area contributed by atoms with Crippen LogP contribution in [0.2, 0.25) is 0 Å². The summed E-state index contributed by atoms with van der Waals surface area (Å²) in [5.74, 6) is 0.580. The molecule has 2 atom stereocenters. The fraction of sp³-hybridized carbons (Fsp3) is 0.667. The van der Waals surface area contributed by atoms with E-state index in [2.05, 4.69) is 35.6 Å². The molecule has 0 aromatic heterocycles. The Hall–Kier alpha value is 0.430. The minimum absolute atomic E-state index is 0.161. The highest BCUT2D eigenvalue weighted by atomic mass is 127. The largest absolute Gasteiger partial charge is 0.388 e. The van der Waals surface area contributed by atoms with Gasteiger partial charge in [-0.25, -0.2) is 0 Å². The first-order valence-electron chi connectivity index (χ1n) is 2.75. The van der Waals surface area contributed by atoms with Gasteiger partial charge in [0.1, 0.15) is 0 Å². The van der Waals surface area contributed by atoms with Gasteiger partial charge in [0.2, 0.25) is 0 Å². The Morgan fingerprint density at radius 3 is 2.62 bits per heavy atom. The van der Waals surface area contributed by atoms with E-state index < -0.39 is 0 Å². The Labute approximate surface area is 62.9 Å². The van der Waals surface area contributed by atoms with Crippen molar-refractivity contribution in [1.29, 1.82) is 0 Å². The number of allylic oxidation sites excluding steroid dienone is 1. The van der Waals surface area contributed by atoms with Gasteiger partial charge < -0.3 is 5.11 Å². The summed E-state index contributed by atoms with van der Waals surface area (Å²) in [7, 11) is 0. The second-order valence-electron chi connectivity index (χ2n) is 2.28. The summed E-state index contributed by atoms with van der Waals surface area (Å²) in [4.78, 5) is 0. The molecule has 0 amide bonds. The van der Waals surface area contributed by atoms with Crippen LogP contribution in [0.4, 0.5) is 0 Å². The summed E-state index contributed by atoms with van der Waals surface area (Å²) >= 11 is 2.18. The van der Waals surface area contributed by atoms with Crippen LogP contribution in [0.15, 0.2) is 9.66 Å². The first-order valence-corrected chi connectivity index (χ1v) is 3.83. The standard InChI is InChI=1S/C6H9IO/c1-4-2-5(7)6(8)3-4/h2,4,6,8H,3H2,1H3. The van der Waals surface area contributed by atoms with Gasteiger partial charge in [0.15, 0.2) is 0 Å².